The van der Waals surface area contributed by atoms with Crippen molar-refractivity contribution in [3.05, 3.63) is 0 Å². The van der Waals surface area contributed by atoms with E-state index in [1.54, 1.807) is 7.11 Å². The Bertz CT molecular complexity index is 239. The second-order valence-electron chi connectivity index (χ2n) is 2.96. The highest BCUT2D eigenvalue weighted by molar-refractivity contribution is 7.89. The van der Waals surface area contributed by atoms with Gasteiger partial charge in [0, 0.05) is 20.2 Å². The van der Waals surface area contributed by atoms with Gasteiger partial charge in [-0.05, 0) is 6.42 Å². The van der Waals surface area contributed by atoms with Crippen molar-refractivity contribution in [3.8, 4) is 0 Å². The van der Waals surface area contributed by atoms with Crippen LogP contribution in [0.5, 0.6) is 0 Å². The molecule has 72 valence electrons. The Morgan fingerprint density at radius 1 is 1.50 bits per heavy atom. The van der Waals surface area contributed by atoms with Gasteiger partial charge in [0.2, 0.25) is 10.0 Å². The predicted octanol–water partition coefficient (Wildman–Crippen LogP) is -1.35. The average molecular weight is 194 g/mol. The molecule has 0 aliphatic carbocycles. The van der Waals surface area contributed by atoms with Gasteiger partial charge in [-0.15, -0.1) is 0 Å². The van der Waals surface area contributed by atoms with E-state index in [4.69, 9.17) is 9.88 Å². The molecule has 1 saturated heterocycles. The summed E-state index contributed by atoms with van der Waals surface area (Å²) in [6.07, 6.45) is 0.449. The van der Waals surface area contributed by atoms with E-state index in [2.05, 4.69) is 5.32 Å². The fraction of sp³-hybridized carbons (Fsp3) is 1.00. The molecule has 1 heterocycles. The minimum atomic E-state index is -3.41. The SMILES string of the molecule is CO[C@@H]1CNC[C@@H](S(N)(=O)=O)C1. The van der Waals surface area contributed by atoms with E-state index < -0.39 is 15.3 Å². The standard InChI is InChI=1S/C6H14N2O3S/c1-11-5-2-6(4-8-3-5)12(7,9)10/h5-6,8H,2-4H2,1H3,(H2,7,9,10)/t5-,6-/m0/s1. The summed E-state index contributed by atoms with van der Waals surface area (Å²) in [5, 5.41) is 7.46. The van der Waals surface area contributed by atoms with Crippen LogP contribution in [0, 0.1) is 0 Å². The van der Waals surface area contributed by atoms with Gasteiger partial charge in [0.1, 0.15) is 0 Å². The predicted molar refractivity (Wildman–Crippen MR) is 45.2 cm³/mol. The van der Waals surface area contributed by atoms with Crippen LogP contribution in [-0.4, -0.2) is 40.0 Å². The summed E-state index contributed by atoms with van der Waals surface area (Å²) in [4.78, 5) is 0. The van der Waals surface area contributed by atoms with Crippen LogP contribution < -0.4 is 10.5 Å². The number of ether oxygens (including phenoxy) is 1. The summed E-state index contributed by atoms with van der Waals surface area (Å²) >= 11 is 0. The summed E-state index contributed by atoms with van der Waals surface area (Å²) in [7, 11) is -1.84. The summed E-state index contributed by atoms with van der Waals surface area (Å²) in [6.45, 7) is 1.13. The van der Waals surface area contributed by atoms with Crippen molar-refractivity contribution in [2.24, 2.45) is 5.14 Å². The Morgan fingerprint density at radius 3 is 2.67 bits per heavy atom. The van der Waals surface area contributed by atoms with Gasteiger partial charge in [0.25, 0.3) is 0 Å². The first-order valence-electron chi connectivity index (χ1n) is 3.79. The summed E-state index contributed by atoms with van der Waals surface area (Å²) < 4.78 is 26.9. The van der Waals surface area contributed by atoms with Gasteiger partial charge in [-0.25, -0.2) is 13.6 Å². The zero-order valence-electron chi connectivity index (χ0n) is 6.99. The average Bonchev–Trinajstić information content (AvgIpc) is 2.03. The molecule has 0 aromatic heterocycles. The maximum atomic E-state index is 10.9. The minimum Gasteiger partial charge on any atom is -0.380 e. The monoisotopic (exact) mass is 194 g/mol. The number of nitrogens with two attached hydrogens (primary N) is 1. The van der Waals surface area contributed by atoms with Gasteiger partial charge >= 0.3 is 0 Å². The fourth-order valence-electron chi connectivity index (χ4n) is 1.30. The zero-order chi connectivity index (χ0) is 9.19. The number of piperidine rings is 1. The first-order chi connectivity index (χ1) is 5.54. The van der Waals surface area contributed by atoms with E-state index in [0.29, 0.717) is 19.5 Å². The van der Waals surface area contributed by atoms with Crippen LogP contribution in [0.3, 0.4) is 0 Å². The van der Waals surface area contributed by atoms with Crippen molar-refractivity contribution >= 4 is 10.0 Å². The molecule has 1 rings (SSSR count). The van der Waals surface area contributed by atoms with Gasteiger partial charge in [-0.1, -0.05) is 0 Å². The number of rotatable bonds is 2. The second-order valence-corrected chi connectivity index (χ2v) is 4.81. The molecule has 5 nitrogen and oxygen atoms in total. The number of sulfonamides is 1. The fourth-order valence-corrected chi connectivity index (χ4v) is 2.13. The molecule has 12 heavy (non-hydrogen) atoms. The van der Waals surface area contributed by atoms with Crippen LogP contribution in [0.15, 0.2) is 0 Å². The van der Waals surface area contributed by atoms with E-state index in [1.807, 2.05) is 0 Å². The molecular weight excluding hydrogens is 180 g/mol. The molecule has 0 spiro atoms. The molecule has 0 unspecified atom stereocenters. The molecule has 6 heteroatoms. The molecule has 1 aliphatic rings. The van der Waals surface area contributed by atoms with Crippen LogP contribution in [0.2, 0.25) is 0 Å². The minimum absolute atomic E-state index is 0.0397. The molecule has 0 bridgehead atoms. The van der Waals surface area contributed by atoms with Gasteiger partial charge < -0.3 is 10.1 Å². The lowest BCUT2D eigenvalue weighted by molar-refractivity contribution is 0.0820. The topological polar surface area (TPSA) is 81.4 Å². The van der Waals surface area contributed by atoms with Crippen LogP contribution in [0.4, 0.5) is 0 Å². The Balaban J connectivity index is 2.58. The Hall–Kier alpha value is -0.170. The normalized spacial score (nSPS) is 31.8. The maximum absolute atomic E-state index is 10.9. The number of primary sulfonamides is 1. The highest BCUT2D eigenvalue weighted by Gasteiger charge is 2.28. The third-order valence-corrected chi connectivity index (χ3v) is 3.36. The zero-order valence-corrected chi connectivity index (χ0v) is 7.80. The first kappa shape index (κ1) is 9.91. The van der Waals surface area contributed by atoms with Crippen LogP contribution in [0.25, 0.3) is 0 Å². The van der Waals surface area contributed by atoms with E-state index in [0.717, 1.165) is 0 Å². The van der Waals surface area contributed by atoms with Gasteiger partial charge in [-0.3, -0.25) is 0 Å². The lowest BCUT2D eigenvalue weighted by Gasteiger charge is -2.27. The van der Waals surface area contributed by atoms with Gasteiger partial charge in [0.15, 0.2) is 0 Å². The molecular formula is C6H14N2O3S. The smallest absolute Gasteiger partial charge is 0.213 e. The van der Waals surface area contributed by atoms with E-state index in [9.17, 15) is 8.42 Å². The maximum Gasteiger partial charge on any atom is 0.213 e. The number of methoxy groups -OCH3 is 1. The number of hydrogen-bond acceptors (Lipinski definition) is 4. The molecule has 0 amide bonds. The third-order valence-electron chi connectivity index (χ3n) is 2.07. The largest absolute Gasteiger partial charge is 0.380 e. The van der Waals surface area contributed by atoms with Crippen molar-refractivity contribution < 1.29 is 13.2 Å². The summed E-state index contributed by atoms with van der Waals surface area (Å²) in [5.41, 5.74) is 0. The Labute approximate surface area is 72.3 Å². The van der Waals surface area contributed by atoms with Crippen molar-refractivity contribution in [1.29, 1.82) is 0 Å². The molecule has 0 radical (unpaired) electrons. The summed E-state index contributed by atoms with van der Waals surface area (Å²) in [5.74, 6) is 0. The highest BCUT2D eigenvalue weighted by Crippen LogP contribution is 2.11. The van der Waals surface area contributed by atoms with E-state index >= 15 is 0 Å². The van der Waals surface area contributed by atoms with Gasteiger partial charge in [0.05, 0.1) is 11.4 Å². The quantitative estimate of drug-likeness (QED) is 0.569. The molecule has 0 aromatic carbocycles. The molecule has 0 aromatic rings. The molecule has 1 fully saturated rings. The first-order valence-corrected chi connectivity index (χ1v) is 5.40. The third kappa shape index (κ3) is 2.41. The van der Waals surface area contributed by atoms with Crippen molar-refractivity contribution in [2.45, 2.75) is 17.8 Å². The summed E-state index contributed by atoms with van der Waals surface area (Å²) in [6, 6.07) is 0. The van der Waals surface area contributed by atoms with Crippen molar-refractivity contribution in [2.75, 3.05) is 20.2 Å². The molecule has 3 N–H and O–H groups in total. The lowest BCUT2D eigenvalue weighted by atomic mass is 10.1. The Kier molecular flexibility index (Phi) is 3.05. The molecule has 1 aliphatic heterocycles. The second kappa shape index (κ2) is 3.69. The number of hydrogen-bond donors (Lipinski definition) is 2. The van der Waals surface area contributed by atoms with Gasteiger partial charge in [-0.2, -0.15) is 0 Å². The van der Waals surface area contributed by atoms with Crippen LogP contribution in [0.1, 0.15) is 6.42 Å². The van der Waals surface area contributed by atoms with Crippen LogP contribution >= 0.6 is 0 Å². The van der Waals surface area contributed by atoms with Crippen LogP contribution in [-0.2, 0) is 14.8 Å². The van der Waals surface area contributed by atoms with E-state index in [1.165, 1.54) is 0 Å². The number of nitrogens with one attached hydrogen (secondary N) is 1. The Morgan fingerprint density at radius 2 is 2.17 bits per heavy atom. The van der Waals surface area contributed by atoms with Crippen molar-refractivity contribution in [1.82, 2.24) is 5.32 Å². The lowest BCUT2D eigenvalue weighted by Crippen LogP contribution is -2.48. The highest BCUT2D eigenvalue weighted by atomic mass is 32.2. The van der Waals surface area contributed by atoms with Crippen molar-refractivity contribution in [3.63, 3.8) is 0 Å². The molecule has 0 saturated carbocycles. The molecule has 2 atom stereocenters. The van der Waals surface area contributed by atoms with E-state index in [-0.39, 0.29) is 6.10 Å².